The lowest BCUT2D eigenvalue weighted by Crippen LogP contribution is -2.30. The Morgan fingerprint density at radius 2 is 1.86 bits per heavy atom. The highest BCUT2D eigenvalue weighted by atomic mass is 35.5. The molecule has 6 heteroatoms. The number of aliphatic hydroxyl groups excluding tert-OH is 1. The second-order valence-electron chi connectivity index (χ2n) is 4.43. The first-order valence-corrected chi connectivity index (χ1v) is 7.05. The van der Waals surface area contributed by atoms with E-state index < -0.39 is 6.10 Å². The molecule has 1 amide bonds. The van der Waals surface area contributed by atoms with Crippen molar-refractivity contribution >= 4 is 34.8 Å². The van der Waals surface area contributed by atoms with E-state index in [1.807, 2.05) is 18.2 Å². The predicted octanol–water partition coefficient (Wildman–Crippen LogP) is 3.56. The zero-order chi connectivity index (χ0) is 15.2. The molecule has 0 bridgehead atoms. The van der Waals surface area contributed by atoms with E-state index in [0.29, 0.717) is 21.3 Å². The van der Waals surface area contributed by atoms with E-state index in [0.717, 1.165) is 0 Å². The molecule has 21 heavy (non-hydrogen) atoms. The number of aliphatic hydroxyl groups is 1. The van der Waals surface area contributed by atoms with Gasteiger partial charge in [-0.25, -0.2) is 0 Å². The molecule has 0 spiro atoms. The summed E-state index contributed by atoms with van der Waals surface area (Å²) in [7, 11) is 0. The van der Waals surface area contributed by atoms with Crippen LogP contribution in [-0.2, 0) is 4.79 Å². The van der Waals surface area contributed by atoms with Crippen LogP contribution in [0.5, 0.6) is 0 Å². The summed E-state index contributed by atoms with van der Waals surface area (Å²) in [4.78, 5) is 11.8. The van der Waals surface area contributed by atoms with E-state index in [9.17, 15) is 9.90 Å². The highest BCUT2D eigenvalue weighted by Crippen LogP contribution is 2.24. The maximum atomic E-state index is 11.8. The molecule has 0 aliphatic heterocycles. The van der Waals surface area contributed by atoms with Crippen molar-refractivity contribution in [2.45, 2.75) is 12.5 Å². The fraction of sp³-hybridized carbons (Fsp3) is 0.133. The van der Waals surface area contributed by atoms with E-state index in [1.165, 1.54) is 0 Å². The molecule has 0 heterocycles. The minimum Gasteiger partial charge on any atom is -0.388 e. The predicted molar refractivity (Wildman–Crippen MR) is 84.2 cm³/mol. The summed E-state index contributed by atoms with van der Waals surface area (Å²) in [6.45, 7) is 0. The van der Waals surface area contributed by atoms with Crippen LogP contribution in [0.4, 0.5) is 5.69 Å². The molecule has 0 aliphatic carbocycles. The number of hydrogen-bond acceptors (Lipinski definition) is 3. The van der Waals surface area contributed by atoms with Crippen LogP contribution in [0.2, 0.25) is 10.0 Å². The smallest absolute Gasteiger partial charge is 0.241 e. The van der Waals surface area contributed by atoms with Crippen LogP contribution in [0.15, 0.2) is 48.5 Å². The van der Waals surface area contributed by atoms with Crippen LogP contribution in [0.25, 0.3) is 0 Å². The Kier molecular flexibility index (Phi) is 5.44. The summed E-state index contributed by atoms with van der Waals surface area (Å²) < 4.78 is 0. The molecule has 3 N–H and O–H groups in total. The normalized spacial score (nSPS) is 11.8. The number of anilines is 1. The lowest BCUT2D eigenvalue weighted by molar-refractivity contribution is -0.122. The van der Waals surface area contributed by atoms with E-state index in [1.54, 1.807) is 30.3 Å². The zero-order valence-corrected chi connectivity index (χ0v) is 12.5. The molecule has 2 aromatic rings. The topological polar surface area (TPSA) is 61.4 Å². The van der Waals surface area contributed by atoms with Gasteiger partial charge in [-0.05, 0) is 23.8 Å². The summed E-state index contributed by atoms with van der Waals surface area (Å²) >= 11 is 11.8. The third-order valence-corrected chi connectivity index (χ3v) is 3.38. The Morgan fingerprint density at radius 1 is 1.14 bits per heavy atom. The lowest BCUT2D eigenvalue weighted by atomic mass is 10.1. The summed E-state index contributed by atoms with van der Waals surface area (Å²) in [5, 5.41) is 10.9. The maximum Gasteiger partial charge on any atom is 0.241 e. The molecule has 1 atom stereocenters. The fourth-order valence-corrected chi connectivity index (χ4v) is 2.20. The number of halogens is 2. The first-order valence-electron chi connectivity index (χ1n) is 6.29. The average Bonchev–Trinajstić information content (AvgIpc) is 2.47. The first-order chi connectivity index (χ1) is 10.1. The molecular weight excluding hydrogens is 311 g/mol. The first kappa shape index (κ1) is 15.6. The van der Waals surface area contributed by atoms with Gasteiger partial charge in [0.2, 0.25) is 5.91 Å². The van der Waals surface area contributed by atoms with Crippen molar-refractivity contribution in [3.63, 3.8) is 0 Å². The number of rotatable bonds is 5. The van der Waals surface area contributed by atoms with Gasteiger partial charge >= 0.3 is 0 Å². The third-order valence-electron chi connectivity index (χ3n) is 2.83. The maximum absolute atomic E-state index is 11.8. The molecule has 2 aromatic carbocycles. The molecule has 4 nitrogen and oxygen atoms in total. The van der Waals surface area contributed by atoms with E-state index in [2.05, 4.69) is 10.9 Å². The van der Waals surface area contributed by atoms with E-state index in [4.69, 9.17) is 23.2 Å². The Bertz CT molecular complexity index is 620. The van der Waals surface area contributed by atoms with Crippen LogP contribution in [-0.4, -0.2) is 11.0 Å². The number of carbonyl (C=O) groups is 1. The van der Waals surface area contributed by atoms with Gasteiger partial charge in [-0.2, -0.15) is 0 Å². The van der Waals surface area contributed by atoms with Gasteiger partial charge in [-0.15, -0.1) is 0 Å². The molecule has 0 aromatic heterocycles. The van der Waals surface area contributed by atoms with Crippen molar-refractivity contribution in [2.75, 3.05) is 5.43 Å². The molecule has 0 radical (unpaired) electrons. The molecule has 110 valence electrons. The summed E-state index contributed by atoms with van der Waals surface area (Å²) in [5.74, 6) is -0.350. The van der Waals surface area contributed by atoms with Crippen LogP contribution in [0.3, 0.4) is 0 Å². The Hall–Kier alpha value is -1.75. The lowest BCUT2D eigenvalue weighted by Gasteiger charge is -2.13. The Balaban J connectivity index is 1.87. The minimum absolute atomic E-state index is 0.0534. The highest BCUT2D eigenvalue weighted by molar-refractivity contribution is 6.36. The number of hydrazine groups is 1. The molecule has 0 aliphatic rings. The van der Waals surface area contributed by atoms with E-state index in [-0.39, 0.29) is 12.3 Å². The zero-order valence-electron chi connectivity index (χ0n) is 11.0. The van der Waals surface area contributed by atoms with Crippen molar-refractivity contribution in [2.24, 2.45) is 0 Å². The van der Waals surface area contributed by atoms with Crippen molar-refractivity contribution in [3.8, 4) is 0 Å². The van der Waals surface area contributed by atoms with Gasteiger partial charge in [0.05, 0.1) is 23.2 Å². The van der Waals surface area contributed by atoms with Gasteiger partial charge in [-0.1, -0.05) is 53.5 Å². The second-order valence-corrected chi connectivity index (χ2v) is 5.27. The largest absolute Gasteiger partial charge is 0.388 e. The van der Waals surface area contributed by atoms with Crippen LogP contribution < -0.4 is 10.9 Å². The minimum atomic E-state index is -0.853. The van der Waals surface area contributed by atoms with Gasteiger partial charge in [-0.3, -0.25) is 15.6 Å². The van der Waals surface area contributed by atoms with Gasteiger partial charge in [0, 0.05) is 5.02 Å². The van der Waals surface area contributed by atoms with Crippen molar-refractivity contribution < 1.29 is 9.90 Å². The molecule has 0 saturated carbocycles. The van der Waals surface area contributed by atoms with Gasteiger partial charge in [0.25, 0.3) is 0 Å². The number of carbonyl (C=O) groups excluding carboxylic acids is 1. The van der Waals surface area contributed by atoms with Gasteiger partial charge in [0.1, 0.15) is 0 Å². The van der Waals surface area contributed by atoms with Crippen LogP contribution >= 0.6 is 23.2 Å². The van der Waals surface area contributed by atoms with Crippen molar-refractivity contribution in [1.82, 2.24) is 5.43 Å². The highest BCUT2D eigenvalue weighted by Gasteiger charge is 2.12. The third kappa shape index (κ3) is 4.63. The number of benzene rings is 2. The van der Waals surface area contributed by atoms with Gasteiger partial charge in [0.15, 0.2) is 0 Å². The summed E-state index contributed by atoms with van der Waals surface area (Å²) in [6.07, 6.45) is -0.906. The molecule has 2 rings (SSSR count). The number of amides is 1. The monoisotopic (exact) mass is 324 g/mol. The van der Waals surface area contributed by atoms with Crippen molar-refractivity contribution in [3.05, 3.63) is 64.1 Å². The summed E-state index contributed by atoms with van der Waals surface area (Å²) in [5.41, 5.74) is 6.40. The fourth-order valence-electron chi connectivity index (χ4n) is 1.75. The number of nitrogens with one attached hydrogen (secondary N) is 2. The van der Waals surface area contributed by atoms with Crippen molar-refractivity contribution in [1.29, 1.82) is 0 Å². The molecule has 0 fully saturated rings. The van der Waals surface area contributed by atoms with E-state index >= 15 is 0 Å². The van der Waals surface area contributed by atoms with Gasteiger partial charge < -0.3 is 5.11 Å². The van der Waals surface area contributed by atoms with Crippen LogP contribution in [0.1, 0.15) is 18.1 Å². The SMILES string of the molecule is O=C(CC(O)c1ccccc1)NNc1ccc(Cl)cc1Cl. The number of hydrogen-bond donors (Lipinski definition) is 3. The average molecular weight is 325 g/mol. The summed E-state index contributed by atoms with van der Waals surface area (Å²) in [6, 6.07) is 13.9. The standard InChI is InChI=1S/C15H14Cl2N2O2/c16-11-6-7-13(12(17)8-11)18-19-15(21)9-14(20)10-4-2-1-3-5-10/h1-8,14,18,20H,9H2,(H,19,21). The quantitative estimate of drug-likeness (QED) is 0.737. The Labute approximate surface area is 132 Å². The Morgan fingerprint density at radius 3 is 2.52 bits per heavy atom. The molecule has 0 saturated heterocycles. The van der Waals surface area contributed by atoms with Crippen LogP contribution in [0, 0.1) is 0 Å². The molecular formula is C15H14Cl2N2O2. The second kappa shape index (κ2) is 7.31. The molecule has 1 unspecified atom stereocenters.